The number of hydrogen-bond acceptors (Lipinski definition) is 2. The predicted octanol–water partition coefficient (Wildman–Crippen LogP) is 3.15. The first-order valence-electron chi connectivity index (χ1n) is 7.57. The summed E-state index contributed by atoms with van der Waals surface area (Å²) in [6.45, 7) is 3.99. The van der Waals surface area contributed by atoms with Crippen LogP contribution < -0.4 is 5.32 Å². The Balaban J connectivity index is 2.30. The van der Waals surface area contributed by atoms with Crippen LogP contribution in [0.5, 0.6) is 0 Å². The van der Waals surface area contributed by atoms with Gasteiger partial charge in [-0.1, -0.05) is 60.2 Å². The Bertz CT molecular complexity index is 605. The zero-order chi connectivity index (χ0) is 16.1. The standard InChI is InChI=1S/C19H24N2O/c1-14-10-12-17(13-11-14)18(16-8-6-5-7-9-16)20-15(2)19(22)21(3)4/h5-13,15,18,20H,1-4H3/t15-,18-/m1/s1. The minimum absolute atomic E-state index is 0.000648. The summed E-state index contributed by atoms with van der Waals surface area (Å²) >= 11 is 0. The summed E-state index contributed by atoms with van der Waals surface area (Å²) in [6, 6.07) is 18.4. The predicted molar refractivity (Wildman–Crippen MR) is 90.8 cm³/mol. The lowest BCUT2D eigenvalue weighted by Gasteiger charge is -2.25. The van der Waals surface area contributed by atoms with Crippen LogP contribution in [0.25, 0.3) is 0 Å². The molecule has 3 nitrogen and oxygen atoms in total. The Morgan fingerprint density at radius 1 is 0.955 bits per heavy atom. The van der Waals surface area contributed by atoms with E-state index in [1.54, 1.807) is 19.0 Å². The maximum absolute atomic E-state index is 12.2. The molecule has 0 aliphatic carbocycles. The number of amides is 1. The van der Waals surface area contributed by atoms with Crippen LogP contribution in [-0.2, 0) is 4.79 Å². The first kappa shape index (κ1) is 16.2. The smallest absolute Gasteiger partial charge is 0.238 e. The SMILES string of the molecule is Cc1ccc([C@H](N[C@H](C)C(=O)N(C)C)c2ccccc2)cc1. The van der Waals surface area contributed by atoms with E-state index in [9.17, 15) is 4.79 Å². The molecule has 3 heteroatoms. The highest BCUT2D eigenvalue weighted by Gasteiger charge is 2.21. The van der Waals surface area contributed by atoms with E-state index in [0.717, 1.165) is 11.1 Å². The summed E-state index contributed by atoms with van der Waals surface area (Å²) in [6.07, 6.45) is 0. The van der Waals surface area contributed by atoms with Gasteiger partial charge in [-0.15, -0.1) is 0 Å². The van der Waals surface area contributed by atoms with E-state index in [2.05, 4.69) is 48.6 Å². The molecule has 116 valence electrons. The number of nitrogens with one attached hydrogen (secondary N) is 1. The first-order chi connectivity index (χ1) is 10.5. The number of hydrogen-bond donors (Lipinski definition) is 1. The van der Waals surface area contributed by atoms with Crippen LogP contribution in [0.3, 0.4) is 0 Å². The minimum atomic E-state index is -0.249. The average Bonchev–Trinajstić information content (AvgIpc) is 2.53. The molecule has 22 heavy (non-hydrogen) atoms. The number of benzene rings is 2. The molecule has 0 fully saturated rings. The largest absolute Gasteiger partial charge is 0.347 e. The molecule has 1 amide bonds. The number of likely N-dealkylation sites (N-methyl/N-ethyl adjacent to an activating group) is 1. The van der Waals surface area contributed by atoms with Crippen molar-refractivity contribution in [2.24, 2.45) is 0 Å². The molecule has 0 saturated carbocycles. The Hall–Kier alpha value is -2.13. The van der Waals surface area contributed by atoms with Crippen molar-refractivity contribution in [3.63, 3.8) is 0 Å². The zero-order valence-corrected chi connectivity index (χ0v) is 13.7. The Kier molecular flexibility index (Phi) is 5.34. The molecular formula is C19H24N2O. The molecule has 0 heterocycles. The number of nitrogens with zero attached hydrogens (tertiary/aromatic N) is 1. The summed E-state index contributed by atoms with van der Waals surface area (Å²) in [4.78, 5) is 13.8. The van der Waals surface area contributed by atoms with E-state index < -0.39 is 0 Å². The lowest BCUT2D eigenvalue weighted by molar-refractivity contribution is -0.130. The molecule has 2 rings (SSSR count). The molecule has 0 radical (unpaired) electrons. The van der Waals surface area contributed by atoms with E-state index >= 15 is 0 Å². The molecule has 0 aliphatic heterocycles. The number of rotatable bonds is 5. The molecule has 0 aliphatic rings. The van der Waals surface area contributed by atoms with Crippen molar-refractivity contribution in [2.75, 3.05) is 14.1 Å². The first-order valence-corrected chi connectivity index (χ1v) is 7.57. The van der Waals surface area contributed by atoms with Gasteiger partial charge in [-0.2, -0.15) is 0 Å². The second-order valence-electron chi connectivity index (χ2n) is 5.88. The van der Waals surface area contributed by atoms with E-state index in [0.29, 0.717) is 0 Å². The summed E-state index contributed by atoms with van der Waals surface area (Å²) in [5.74, 6) is 0.0769. The minimum Gasteiger partial charge on any atom is -0.347 e. The maximum atomic E-state index is 12.2. The van der Waals surface area contributed by atoms with Crippen LogP contribution in [0.2, 0.25) is 0 Å². The van der Waals surface area contributed by atoms with Gasteiger partial charge in [0.05, 0.1) is 12.1 Å². The molecule has 2 aromatic rings. The highest BCUT2D eigenvalue weighted by Crippen LogP contribution is 2.23. The zero-order valence-electron chi connectivity index (χ0n) is 13.7. The lowest BCUT2D eigenvalue weighted by atomic mass is 9.97. The number of carbonyl (C=O) groups is 1. The van der Waals surface area contributed by atoms with Gasteiger partial charge in [-0.05, 0) is 25.0 Å². The van der Waals surface area contributed by atoms with Crippen molar-refractivity contribution >= 4 is 5.91 Å². The van der Waals surface area contributed by atoms with Crippen molar-refractivity contribution in [2.45, 2.75) is 25.9 Å². The third-order valence-electron chi connectivity index (χ3n) is 3.77. The van der Waals surface area contributed by atoms with Crippen LogP contribution in [0.1, 0.15) is 29.7 Å². The summed E-state index contributed by atoms with van der Waals surface area (Å²) in [7, 11) is 3.56. The summed E-state index contributed by atoms with van der Waals surface area (Å²) in [5, 5.41) is 3.46. The van der Waals surface area contributed by atoms with Crippen LogP contribution in [0.4, 0.5) is 0 Å². The van der Waals surface area contributed by atoms with Gasteiger partial charge in [0.25, 0.3) is 0 Å². The van der Waals surface area contributed by atoms with E-state index in [-0.39, 0.29) is 18.0 Å². The number of carbonyl (C=O) groups excluding carboxylic acids is 1. The Morgan fingerprint density at radius 3 is 2.05 bits per heavy atom. The molecule has 0 aromatic heterocycles. The second-order valence-corrected chi connectivity index (χ2v) is 5.88. The van der Waals surface area contributed by atoms with Crippen LogP contribution in [0.15, 0.2) is 54.6 Å². The van der Waals surface area contributed by atoms with Crippen LogP contribution in [0, 0.1) is 6.92 Å². The van der Waals surface area contributed by atoms with Gasteiger partial charge in [0, 0.05) is 14.1 Å². The third-order valence-corrected chi connectivity index (χ3v) is 3.77. The lowest BCUT2D eigenvalue weighted by Crippen LogP contribution is -2.43. The monoisotopic (exact) mass is 296 g/mol. The van der Waals surface area contributed by atoms with Crippen molar-refractivity contribution in [3.05, 3.63) is 71.3 Å². The van der Waals surface area contributed by atoms with Crippen molar-refractivity contribution in [3.8, 4) is 0 Å². The molecule has 2 aromatic carbocycles. The average molecular weight is 296 g/mol. The molecule has 2 atom stereocenters. The maximum Gasteiger partial charge on any atom is 0.238 e. The van der Waals surface area contributed by atoms with Crippen LogP contribution >= 0.6 is 0 Å². The van der Waals surface area contributed by atoms with Crippen molar-refractivity contribution in [1.82, 2.24) is 10.2 Å². The Morgan fingerprint density at radius 2 is 1.50 bits per heavy atom. The quantitative estimate of drug-likeness (QED) is 0.919. The molecule has 0 bridgehead atoms. The topological polar surface area (TPSA) is 32.3 Å². The van der Waals surface area contributed by atoms with E-state index in [1.807, 2.05) is 25.1 Å². The molecule has 0 saturated heterocycles. The summed E-state index contributed by atoms with van der Waals surface area (Å²) < 4.78 is 0. The fraction of sp³-hybridized carbons (Fsp3) is 0.316. The highest BCUT2D eigenvalue weighted by atomic mass is 16.2. The van der Waals surface area contributed by atoms with Gasteiger partial charge >= 0.3 is 0 Å². The fourth-order valence-electron chi connectivity index (χ4n) is 2.50. The van der Waals surface area contributed by atoms with Gasteiger partial charge in [0.2, 0.25) is 5.91 Å². The van der Waals surface area contributed by atoms with E-state index in [1.165, 1.54) is 5.56 Å². The normalized spacial score (nSPS) is 13.5. The Labute approximate surface area is 133 Å². The van der Waals surface area contributed by atoms with Crippen molar-refractivity contribution < 1.29 is 4.79 Å². The van der Waals surface area contributed by atoms with Gasteiger partial charge < -0.3 is 4.90 Å². The summed E-state index contributed by atoms with van der Waals surface area (Å²) in [5.41, 5.74) is 3.55. The molecule has 1 N–H and O–H groups in total. The second kappa shape index (κ2) is 7.23. The van der Waals surface area contributed by atoms with Crippen LogP contribution in [-0.4, -0.2) is 30.9 Å². The molecule has 0 unspecified atom stereocenters. The number of aryl methyl sites for hydroxylation is 1. The fourth-order valence-corrected chi connectivity index (χ4v) is 2.50. The highest BCUT2D eigenvalue weighted by molar-refractivity contribution is 5.81. The van der Waals surface area contributed by atoms with Gasteiger partial charge in [0.1, 0.15) is 0 Å². The van der Waals surface area contributed by atoms with Gasteiger partial charge in [-0.25, -0.2) is 0 Å². The van der Waals surface area contributed by atoms with Crippen molar-refractivity contribution in [1.29, 1.82) is 0 Å². The molecular weight excluding hydrogens is 272 g/mol. The third kappa shape index (κ3) is 3.95. The van der Waals surface area contributed by atoms with Gasteiger partial charge in [-0.3, -0.25) is 10.1 Å². The van der Waals surface area contributed by atoms with Gasteiger partial charge in [0.15, 0.2) is 0 Å². The van der Waals surface area contributed by atoms with E-state index in [4.69, 9.17) is 0 Å². The molecule has 0 spiro atoms.